The quantitative estimate of drug-likeness (QED) is 0.579. The van der Waals surface area contributed by atoms with Gasteiger partial charge >= 0.3 is 0 Å². The Kier molecular flexibility index (Phi) is 3.69. The van der Waals surface area contributed by atoms with Crippen LogP contribution in [-0.2, 0) is 0 Å². The molecule has 0 amide bonds. The molecular weight excluding hydrogens is 315 g/mol. The van der Waals surface area contributed by atoms with Crippen LogP contribution in [0.1, 0.15) is 11.1 Å². The maximum atomic E-state index is 13.2. The minimum Gasteiger partial charge on any atom is -0.324 e. The summed E-state index contributed by atoms with van der Waals surface area (Å²) in [5.74, 6) is 0.268. The molecule has 0 radical (unpaired) electrons. The number of anilines is 2. The fourth-order valence-electron chi connectivity index (χ4n) is 2.74. The number of aryl methyl sites for hydroxylation is 2. The number of nitrogens with zero attached hydrogens (tertiary/aromatic N) is 3. The highest BCUT2D eigenvalue weighted by molar-refractivity contribution is 5.78. The van der Waals surface area contributed by atoms with E-state index >= 15 is 0 Å². The van der Waals surface area contributed by atoms with E-state index in [9.17, 15) is 4.39 Å². The van der Waals surface area contributed by atoms with Crippen LogP contribution in [0.4, 0.5) is 16.0 Å². The van der Waals surface area contributed by atoms with E-state index in [2.05, 4.69) is 41.3 Å². The number of hydrogen-bond acceptors (Lipinski definition) is 3. The van der Waals surface area contributed by atoms with E-state index in [0.717, 1.165) is 22.4 Å². The summed E-state index contributed by atoms with van der Waals surface area (Å²) < 4.78 is 15.1. The summed E-state index contributed by atoms with van der Waals surface area (Å²) in [5, 5.41) is 4.17. The van der Waals surface area contributed by atoms with Crippen LogP contribution in [0, 0.1) is 19.7 Å². The minimum absolute atomic E-state index is 0.257. The Hall–Kier alpha value is -3.21. The van der Waals surface area contributed by atoms with E-state index in [0.29, 0.717) is 5.95 Å². The third kappa shape index (κ3) is 2.96. The van der Waals surface area contributed by atoms with Gasteiger partial charge in [-0.05, 0) is 67.4 Å². The van der Waals surface area contributed by atoms with Crippen LogP contribution in [0.15, 0.2) is 60.9 Å². The zero-order valence-corrected chi connectivity index (χ0v) is 14.0. The third-order valence-corrected chi connectivity index (χ3v) is 4.30. The second kappa shape index (κ2) is 6.02. The topological polar surface area (TPSA) is 42.7 Å². The summed E-state index contributed by atoms with van der Waals surface area (Å²) in [5.41, 5.74) is 5.02. The Balaban J connectivity index is 1.72. The second-order valence-corrected chi connectivity index (χ2v) is 6.06. The first kappa shape index (κ1) is 15.3. The molecule has 0 aliphatic rings. The maximum absolute atomic E-state index is 13.2. The number of rotatable bonds is 3. The fourth-order valence-corrected chi connectivity index (χ4v) is 2.74. The molecule has 0 saturated heterocycles. The molecule has 0 bridgehead atoms. The highest BCUT2D eigenvalue weighted by Crippen LogP contribution is 2.22. The number of aromatic nitrogens is 3. The van der Waals surface area contributed by atoms with Crippen LogP contribution < -0.4 is 5.32 Å². The highest BCUT2D eigenvalue weighted by Gasteiger charge is 2.08. The number of nitrogens with one attached hydrogen (secondary N) is 1. The van der Waals surface area contributed by atoms with Crippen molar-refractivity contribution in [1.82, 2.24) is 14.5 Å². The Labute approximate surface area is 145 Å². The lowest BCUT2D eigenvalue weighted by Crippen LogP contribution is -2.00. The van der Waals surface area contributed by atoms with Crippen molar-refractivity contribution in [3.05, 3.63) is 77.9 Å². The zero-order chi connectivity index (χ0) is 17.4. The number of hydrogen-bond donors (Lipinski definition) is 1. The highest BCUT2D eigenvalue weighted by atomic mass is 19.1. The van der Waals surface area contributed by atoms with E-state index in [1.807, 2.05) is 22.9 Å². The van der Waals surface area contributed by atoms with Gasteiger partial charge in [-0.1, -0.05) is 6.07 Å². The Morgan fingerprint density at radius 2 is 1.76 bits per heavy atom. The van der Waals surface area contributed by atoms with E-state index in [4.69, 9.17) is 0 Å². The molecule has 2 aromatic carbocycles. The molecule has 2 aromatic heterocycles. The van der Waals surface area contributed by atoms with Gasteiger partial charge in [0, 0.05) is 29.2 Å². The van der Waals surface area contributed by atoms with Crippen molar-refractivity contribution in [2.75, 3.05) is 5.32 Å². The van der Waals surface area contributed by atoms with Crippen molar-refractivity contribution >= 4 is 22.7 Å². The van der Waals surface area contributed by atoms with Crippen LogP contribution in [-0.4, -0.2) is 14.5 Å². The largest absolute Gasteiger partial charge is 0.324 e. The molecule has 5 heteroatoms. The van der Waals surface area contributed by atoms with Crippen molar-refractivity contribution in [2.45, 2.75) is 13.8 Å². The maximum Gasteiger partial charge on any atom is 0.229 e. The lowest BCUT2D eigenvalue weighted by atomic mass is 10.1. The van der Waals surface area contributed by atoms with Gasteiger partial charge in [-0.25, -0.2) is 9.37 Å². The lowest BCUT2D eigenvalue weighted by molar-refractivity contribution is 0.627. The molecule has 0 aliphatic heterocycles. The summed E-state index contributed by atoms with van der Waals surface area (Å²) in [6, 6.07) is 14.4. The van der Waals surface area contributed by atoms with Gasteiger partial charge in [-0.2, -0.15) is 4.98 Å². The molecule has 25 heavy (non-hydrogen) atoms. The van der Waals surface area contributed by atoms with Gasteiger partial charge in [-0.3, -0.25) is 0 Å². The van der Waals surface area contributed by atoms with E-state index in [-0.39, 0.29) is 5.82 Å². The van der Waals surface area contributed by atoms with Crippen molar-refractivity contribution in [1.29, 1.82) is 0 Å². The van der Waals surface area contributed by atoms with Gasteiger partial charge in [0.1, 0.15) is 11.5 Å². The smallest absolute Gasteiger partial charge is 0.229 e. The van der Waals surface area contributed by atoms with Crippen molar-refractivity contribution in [3.8, 4) is 5.69 Å². The molecule has 2 heterocycles. The van der Waals surface area contributed by atoms with Gasteiger partial charge in [0.15, 0.2) is 0 Å². The molecule has 0 atom stereocenters. The third-order valence-electron chi connectivity index (χ3n) is 4.30. The lowest BCUT2D eigenvalue weighted by Gasteiger charge is -2.09. The summed E-state index contributed by atoms with van der Waals surface area (Å²) >= 11 is 0. The first-order valence-corrected chi connectivity index (χ1v) is 8.04. The number of benzene rings is 2. The first-order chi connectivity index (χ1) is 12.1. The van der Waals surface area contributed by atoms with Gasteiger partial charge < -0.3 is 9.88 Å². The molecule has 0 aliphatic carbocycles. The van der Waals surface area contributed by atoms with Gasteiger partial charge in [0.05, 0.1) is 0 Å². The Bertz CT molecular complexity index is 1050. The number of halogens is 1. The predicted molar refractivity (Wildman–Crippen MR) is 98.0 cm³/mol. The van der Waals surface area contributed by atoms with Crippen molar-refractivity contribution < 1.29 is 4.39 Å². The molecule has 124 valence electrons. The molecule has 1 N–H and O–H groups in total. The molecule has 4 aromatic rings. The standard InChI is InChI=1S/C20H17FN4/c1-13-3-6-17(11-14(13)2)23-20-22-12-15-9-10-25(19(15)24-20)18-7-4-16(21)5-8-18/h3-12H,1-2H3,(H,22,23,24). The summed E-state index contributed by atoms with van der Waals surface area (Å²) in [6.45, 7) is 4.15. The molecule has 0 spiro atoms. The van der Waals surface area contributed by atoms with Gasteiger partial charge in [0.25, 0.3) is 0 Å². The molecule has 0 saturated carbocycles. The Morgan fingerprint density at radius 1 is 0.960 bits per heavy atom. The van der Waals surface area contributed by atoms with Crippen molar-refractivity contribution in [3.63, 3.8) is 0 Å². The molecular formula is C20H17FN4. The average molecular weight is 332 g/mol. The van der Waals surface area contributed by atoms with Crippen molar-refractivity contribution in [2.24, 2.45) is 0 Å². The minimum atomic E-state index is -0.257. The van der Waals surface area contributed by atoms with Crippen LogP contribution in [0.2, 0.25) is 0 Å². The second-order valence-electron chi connectivity index (χ2n) is 6.06. The number of fused-ring (bicyclic) bond motifs is 1. The molecule has 4 rings (SSSR count). The van der Waals surface area contributed by atoms with Crippen LogP contribution in [0.25, 0.3) is 16.7 Å². The fraction of sp³-hybridized carbons (Fsp3) is 0.100. The van der Waals surface area contributed by atoms with E-state index < -0.39 is 0 Å². The summed E-state index contributed by atoms with van der Waals surface area (Å²) in [4.78, 5) is 9.01. The molecule has 0 fully saturated rings. The van der Waals surface area contributed by atoms with E-state index in [1.54, 1.807) is 18.3 Å². The Morgan fingerprint density at radius 3 is 2.52 bits per heavy atom. The molecule has 0 unspecified atom stereocenters. The van der Waals surface area contributed by atoms with E-state index in [1.165, 1.54) is 23.3 Å². The van der Waals surface area contributed by atoms with Crippen LogP contribution >= 0.6 is 0 Å². The summed E-state index contributed by atoms with van der Waals surface area (Å²) in [7, 11) is 0. The van der Waals surface area contributed by atoms with Gasteiger partial charge in [0.2, 0.25) is 5.95 Å². The predicted octanol–water partition coefficient (Wildman–Crippen LogP) is 4.92. The molecule has 4 nitrogen and oxygen atoms in total. The summed E-state index contributed by atoms with van der Waals surface area (Å²) in [6.07, 6.45) is 3.69. The first-order valence-electron chi connectivity index (χ1n) is 8.04. The zero-order valence-electron chi connectivity index (χ0n) is 14.0. The SMILES string of the molecule is Cc1ccc(Nc2ncc3ccn(-c4ccc(F)cc4)c3n2)cc1C. The van der Waals surface area contributed by atoms with Crippen LogP contribution in [0.5, 0.6) is 0 Å². The van der Waals surface area contributed by atoms with Gasteiger partial charge in [-0.15, -0.1) is 0 Å². The monoisotopic (exact) mass is 332 g/mol. The normalized spacial score (nSPS) is 11.0. The average Bonchev–Trinajstić information content (AvgIpc) is 3.02. The van der Waals surface area contributed by atoms with Crippen LogP contribution in [0.3, 0.4) is 0 Å².